The van der Waals surface area contributed by atoms with Crippen molar-refractivity contribution in [3.8, 4) is 0 Å². The largest absolute Gasteiger partial charge is 0.362 e. The zero-order valence-corrected chi connectivity index (χ0v) is 21.5. The average molecular weight is 524 g/mol. The van der Waals surface area contributed by atoms with Crippen LogP contribution in [0.1, 0.15) is 25.7 Å². The molecule has 1 saturated carbocycles. The van der Waals surface area contributed by atoms with Crippen LogP contribution in [0.25, 0.3) is 10.9 Å². The molecule has 0 radical (unpaired) electrons. The van der Waals surface area contributed by atoms with Crippen LogP contribution in [0.4, 0.5) is 22.2 Å². The van der Waals surface area contributed by atoms with E-state index in [0.717, 1.165) is 42.4 Å². The first kappa shape index (κ1) is 26.1. The van der Waals surface area contributed by atoms with E-state index in [1.54, 1.807) is 18.2 Å². The number of nitrogens with one attached hydrogen (secondary N) is 3. The zero-order valence-electron chi connectivity index (χ0n) is 19.1. The average Bonchev–Trinajstić information content (AvgIpc) is 2.80. The number of rotatable bonds is 6. The molecule has 1 aliphatic rings. The predicted octanol–water partition coefficient (Wildman–Crippen LogP) is 6.22. The topological polar surface area (TPSA) is 82.2 Å². The van der Waals surface area contributed by atoms with E-state index in [4.69, 9.17) is 33.2 Å². The highest BCUT2D eigenvalue weighted by molar-refractivity contribution is 6.39. The molecule has 10 heteroatoms. The highest BCUT2D eigenvalue weighted by Gasteiger charge is 2.23. The molecule has 4 rings (SSSR count). The molecule has 182 valence electrons. The maximum Gasteiger partial charge on any atom is 0.319 e. The lowest BCUT2D eigenvalue weighted by Crippen LogP contribution is -2.36. The summed E-state index contributed by atoms with van der Waals surface area (Å²) in [6.07, 6.45) is 4.02. The number of urea groups is 1. The van der Waals surface area contributed by atoms with E-state index >= 15 is 0 Å². The summed E-state index contributed by atoms with van der Waals surface area (Å²) in [6, 6.07) is 13.2. The summed E-state index contributed by atoms with van der Waals surface area (Å²) in [7, 11) is 3.99. The lowest BCUT2D eigenvalue weighted by Gasteiger charge is -2.29. The van der Waals surface area contributed by atoms with Crippen LogP contribution in [0, 0.1) is 5.92 Å². The highest BCUT2D eigenvalue weighted by Crippen LogP contribution is 2.30. The summed E-state index contributed by atoms with van der Waals surface area (Å²) in [5.74, 6) is 1.99. The number of hydrogen-bond donors (Lipinski definition) is 3. The number of aromatic nitrogens is 2. The van der Waals surface area contributed by atoms with Gasteiger partial charge in [-0.15, -0.1) is 12.4 Å². The molecule has 0 bridgehead atoms. The standard InChI is InChI=1S/C24H28Cl2N6O.ClH/c1-32(2)22-17-6-3-4-9-20(17)29-23(31-22)28-16-12-10-15(11-13-16)14-27-24(33)30-21-18(25)7-5-8-19(21)26;/h3-9,15-16H,10-14H2,1-2H3,(H2,27,30,33)(H,28,29,31);1H. The van der Waals surface area contributed by atoms with Gasteiger partial charge < -0.3 is 20.9 Å². The predicted molar refractivity (Wildman–Crippen MR) is 144 cm³/mol. The van der Waals surface area contributed by atoms with E-state index in [-0.39, 0.29) is 18.4 Å². The van der Waals surface area contributed by atoms with Crippen molar-refractivity contribution in [2.24, 2.45) is 5.92 Å². The van der Waals surface area contributed by atoms with E-state index in [0.29, 0.717) is 40.2 Å². The number of carbonyl (C=O) groups excluding carboxylic acids is 1. The summed E-state index contributed by atoms with van der Waals surface area (Å²) in [5, 5.41) is 11.1. The van der Waals surface area contributed by atoms with Gasteiger partial charge in [0.05, 0.1) is 21.2 Å². The molecule has 3 aromatic rings. The van der Waals surface area contributed by atoms with Crippen molar-refractivity contribution >= 4 is 70.0 Å². The molecule has 1 aliphatic carbocycles. The molecule has 1 fully saturated rings. The Morgan fingerprint density at radius 1 is 1.00 bits per heavy atom. The number of anilines is 3. The molecule has 1 aromatic heterocycles. The second-order valence-corrected chi connectivity index (χ2v) is 9.39. The Hall–Kier alpha value is -2.48. The Kier molecular flexibility index (Phi) is 9.05. The number of amides is 2. The molecule has 34 heavy (non-hydrogen) atoms. The van der Waals surface area contributed by atoms with Crippen LogP contribution in [-0.2, 0) is 0 Å². The number of nitrogens with zero attached hydrogens (tertiary/aromatic N) is 3. The second kappa shape index (κ2) is 11.8. The van der Waals surface area contributed by atoms with Crippen molar-refractivity contribution in [1.82, 2.24) is 15.3 Å². The van der Waals surface area contributed by atoms with Gasteiger partial charge in [-0.25, -0.2) is 9.78 Å². The molecule has 2 aromatic carbocycles. The molecule has 0 atom stereocenters. The molecular formula is C24H29Cl3N6O. The Morgan fingerprint density at radius 2 is 1.68 bits per heavy atom. The first-order chi connectivity index (χ1) is 15.9. The fraction of sp³-hybridized carbons (Fsp3) is 0.375. The van der Waals surface area contributed by atoms with Crippen molar-refractivity contribution in [3.05, 3.63) is 52.5 Å². The number of fused-ring (bicyclic) bond motifs is 1. The van der Waals surface area contributed by atoms with E-state index in [9.17, 15) is 4.79 Å². The molecule has 0 unspecified atom stereocenters. The van der Waals surface area contributed by atoms with Gasteiger partial charge in [0.25, 0.3) is 0 Å². The van der Waals surface area contributed by atoms with Gasteiger partial charge >= 0.3 is 6.03 Å². The summed E-state index contributed by atoms with van der Waals surface area (Å²) >= 11 is 12.2. The van der Waals surface area contributed by atoms with Crippen molar-refractivity contribution in [1.29, 1.82) is 0 Å². The summed E-state index contributed by atoms with van der Waals surface area (Å²) < 4.78 is 0. The third-order valence-electron chi connectivity index (χ3n) is 5.94. The van der Waals surface area contributed by atoms with Crippen LogP contribution in [-0.4, -0.2) is 42.7 Å². The fourth-order valence-electron chi connectivity index (χ4n) is 4.17. The minimum atomic E-state index is -0.300. The first-order valence-electron chi connectivity index (χ1n) is 11.1. The van der Waals surface area contributed by atoms with Crippen LogP contribution >= 0.6 is 35.6 Å². The fourth-order valence-corrected chi connectivity index (χ4v) is 4.66. The van der Waals surface area contributed by atoms with Crippen LogP contribution in [0.3, 0.4) is 0 Å². The maximum absolute atomic E-state index is 12.3. The van der Waals surface area contributed by atoms with Gasteiger partial charge in [-0.1, -0.05) is 41.4 Å². The first-order valence-corrected chi connectivity index (χ1v) is 11.9. The minimum absolute atomic E-state index is 0. The normalized spacial score (nSPS) is 17.5. The number of benzene rings is 2. The van der Waals surface area contributed by atoms with Gasteiger partial charge in [0.1, 0.15) is 5.82 Å². The zero-order chi connectivity index (χ0) is 23.4. The molecule has 2 amide bonds. The van der Waals surface area contributed by atoms with Gasteiger partial charge in [0.2, 0.25) is 5.95 Å². The van der Waals surface area contributed by atoms with Crippen molar-refractivity contribution < 1.29 is 4.79 Å². The van der Waals surface area contributed by atoms with Gasteiger partial charge in [0.15, 0.2) is 0 Å². The van der Waals surface area contributed by atoms with Crippen LogP contribution in [0.5, 0.6) is 0 Å². The third kappa shape index (κ3) is 6.34. The Labute approximate surface area is 216 Å². The molecular weight excluding hydrogens is 495 g/mol. The summed E-state index contributed by atoms with van der Waals surface area (Å²) in [6.45, 7) is 0.609. The Bertz CT molecular complexity index is 1110. The van der Waals surface area contributed by atoms with Gasteiger partial charge in [0, 0.05) is 32.1 Å². The molecule has 0 aliphatic heterocycles. The maximum atomic E-state index is 12.3. The quantitative estimate of drug-likeness (QED) is 0.357. The third-order valence-corrected chi connectivity index (χ3v) is 6.57. The van der Waals surface area contributed by atoms with Crippen LogP contribution in [0.15, 0.2) is 42.5 Å². The monoisotopic (exact) mass is 522 g/mol. The van der Waals surface area contributed by atoms with Crippen molar-refractivity contribution in [2.75, 3.05) is 36.2 Å². The Morgan fingerprint density at radius 3 is 2.35 bits per heavy atom. The van der Waals surface area contributed by atoms with E-state index in [1.165, 1.54) is 0 Å². The number of hydrogen-bond acceptors (Lipinski definition) is 5. The molecule has 0 spiro atoms. The van der Waals surface area contributed by atoms with E-state index < -0.39 is 0 Å². The Balaban J connectivity index is 0.00000324. The smallest absolute Gasteiger partial charge is 0.319 e. The van der Waals surface area contributed by atoms with Crippen molar-refractivity contribution in [2.45, 2.75) is 31.7 Å². The van der Waals surface area contributed by atoms with Gasteiger partial charge in [-0.05, 0) is 55.9 Å². The lowest BCUT2D eigenvalue weighted by molar-refractivity contribution is 0.246. The SMILES string of the molecule is CN(C)c1nc(NC2CCC(CNC(=O)Nc3c(Cl)cccc3Cl)CC2)nc2ccccc12.Cl. The minimum Gasteiger partial charge on any atom is -0.362 e. The highest BCUT2D eigenvalue weighted by atomic mass is 35.5. The molecule has 1 heterocycles. The summed E-state index contributed by atoms with van der Waals surface area (Å²) in [5.41, 5.74) is 1.36. The number of halogens is 3. The van der Waals surface area contributed by atoms with E-state index in [1.807, 2.05) is 43.3 Å². The number of para-hydroxylation sites is 2. The molecule has 3 N–H and O–H groups in total. The van der Waals surface area contributed by atoms with Crippen LogP contribution in [0.2, 0.25) is 10.0 Å². The lowest BCUT2D eigenvalue weighted by atomic mass is 9.86. The van der Waals surface area contributed by atoms with Gasteiger partial charge in [-0.3, -0.25) is 0 Å². The summed E-state index contributed by atoms with van der Waals surface area (Å²) in [4.78, 5) is 23.8. The molecule has 7 nitrogen and oxygen atoms in total. The van der Waals surface area contributed by atoms with E-state index in [2.05, 4.69) is 16.0 Å². The van der Waals surface area contributed by atoms with Crippen LogP contribution < -0.4 is 20.9 Å². The second-order valence-electron chi connectivity index (χ2n) is 8.58. The van der Waals surface area contributed by atoms with Gasteiger partial charge in [-0.2, -0.15) is 4.98 Å². The molecule has 0 saturated heterocycles. The van der Waals surface area contributed by atoms with Crippen molar-refractivity contribution in [3.63, 3.8) is 0 Å². The number of carbonyl (C=O) groups is 1.